The number of hydrogen-bond acceptors (Lipinski definition) is 6. The number of nitrogens with one attached hydrogen (secondary N) is 1. The monoisotopic (exact) mass is 358 g/mol. The summed E-state index contributed by atoms with van der Waals surface area (Å²) in [6, 6.07) is 11.6. The van der Waals surface area contributed by atoms with Crippen molar-refractivity contribution < 1.29 is 9.59 Å². The van der Waals surface area contributed by atoms with E-state index in [0.29, 0.717) is 5.82 Å². The van der Waals surface area contributed by atoms with Gasteiger partial charge in [0.05, 0.1) is 22.7 Å². The molecule has 2 amide bonds. The Balaban J connectivity index is 1.86. The molecule has 8 heteroatoms. The summed E-state index contributed by atoms with van der Waals surface area (Å²) in [4.78, 5) is 32.7. The molecule has 0 unspecified atom stereocenters. The van der Waals surface area contributed by atoms with Crippen molar-refractivity contribution in [1.29, 1.82) is 0 Å². The molecule has 0 saturated carbocycles. The zero-order valence-electron chi connectivity index (χ0n) is 12.6. The highest BCUT2D eigenvalue weighted by molar-refractivity contribution is 8.00. The highest BCUT2D eigenvalue weighted by Crippen LogP contribution is 2.29. The summed E-state index contributed by atoms with van der Waals surface area (Å²) in [6.07, 6.45) is 0. The summed E-state index contributed by atoms with van der Waals surface area (Å²) in [5.74, 6) is -0.0400. The minimum Gasteiger partial charge on any atom is -0.368 e. The lowest BCUT2D eigenvalue weighted by molar-refractivity contribution is -0.123. The number of fused-ring (bicyclic) bond motifs is 1. The fraction of sp³-hybridized carbons (Fsp3) is 0.125. The van der Waals surface area contributed by atoms with Gasteiger partial charge in [-0.25, -0.2) is 9.97 Å². The van der Waals surface area contributed by atoms with E-state index in [1.54, 1.807) is 11.3 Å². The fourth-order valence-corrected chi connectivity index (χ4v) is 3.55. The van der Waals surface area contributed by atoms with E-state index in [9.17, 15) is 9.59 Å². The van der Waals surface area contributed by atoms with E-state index in [0.717, 1.165) is 20.8 Å². The van der Waals surface area contributed by atoms with Gasteiger partial charge in [-0.1, -0.05) is 36.0 Å². The molecule has 0 radical (unpaired) electrons. The van der Waals surface area contributed by atoms with Gasteiger partial charge >= 0.3 is 0 Å². The molecule has 1 aromatic carbocycles. The molecule has 122 valence electrons. The second-order valence-electron chi connectivity index (χ2n) is 4.88. The molecular weight excluding hydrogens is 344 g/mol. The molecule has 24 heavy (non-hydrogen) atoms. The van der Waals surface area contributed by atoms with Crippen LogP contribution in [-0.2, 0) is 9.59 Å². The zero-order chi connectivity index (χ0) is 16.9. The molecule has 0 saturated heterocycles. The number of benzene rings is 1. The van der Waals surface area contributed by atoms with E-state index in [2.05, 4.69) is 15.3 Å². The number of hydrogen-bond donors (Lipinski definition) is 2. The highest BCUT2D eigenvalue weighted by Gasteiger charge is 2.12. The number of nitrogens with two attached hydrogens (primary N) is 1. The number of primary amides is 1. The predicted molar refractivity (Wildman–Crippen MR) is 95.8 cm³/mol. The van der Waals surface area contributed by atoms with E-state index in [4.69, 9.17) is 5.73 Å². The van der Waals surface area contributed by atoms with E-state index >= 15 is 0 Å². The van der Waals surface area contributed by atoms with Gasteiger partial charge in [0, 0.05) is 5.39 Å². The number of nitrogens with zero attached hydrogens (tertiary/aromatic N) is 2. The van der Waals surface area contributed by atoms with Gasteiger partial charge in [-0.2, -0.15) is 0 Å². The van der Waals surface area contributed by atoms with Crippen LogP contribution in [0.25, 0.3) is 21.6 Å². The van der Waals surface area contributed by atoms with E-state index < -0.39 is 5.91 Å². The maximum Gasteiger partial charge on any atom is 0.236 e. The normalized spacial score (nSPS) is 10.7. The van der Waals surface area contributed by atoms with Gasteiger partial charge in [0.25, 0.3) is 0 Å². The van der Waals surface area contributed by atoms with E-state index in [1.807, 2.05) is 41.8 Å². The molecule has 3 N–H and O–H groups in total. The van der Waals surface area contributed by atoms with Crippen molar-refractivity contribution in [1.82, 2.24) is 15.3 Å². The summed E-state index contributed by atoms with van der Waals surface area (Å²) in [7, 11) is 0. The van der Waals surface area contributed by atoms with Crippen molar-refractivity contribution in [2.45, 2.75) is 5.03 Å². The first kappa shape index (κ1) is 16.4. The Morgan fingerprint density at radius 2 is 2.00 bits per heavy atom. The first-order valence-electron chi connectivity index (χ1n) is 7.12. The lowest BCUT2D eigenvalue weighted by Crippen LogP contribution is -2.34. The minimum absolute atomic E-state index is 0.151. The van der Waals surface area contributed by atoms with Crippen molar-refractivity contribution in [3.63, 3.8) is 0 Å². The van der Waals surface area contributed by atoms with Gasteiger partial charge in [-0.05, 0) is 17.5 Å². The Bertz CT molecular complexity index is 881. The average molecular weight is 358 g/mol. The first-order valence-corrected chi connectivity index (χ1v) is 8.98. The number of carbonyl (C=O) groups is 2. The van der Waals surface area contributed by atoms with Crippen molar-refractivity contribution >= 4 is 45.8 Å². The maximum atomic E-state index is 11.8. The second kappa shape index (κ2) is 7.41. The predicted octanol–water partition coefficient (Wildman–Crippen LogP) is 2.05. The lowest BCUT2D eigenvalue weighted by atomic mass is 10.2. The summed E-state index contributed by atoms with van der Waals surface area (Å²) in [6.45, 7) is -0.162. The molecule has 0 bridgehead atoms. The topological polar surface area (TPSA) is 98.0 Å². The largest absolute Gasteiger partial charge is 0.368 e. The van der Waals surface area contributed by atoms with Crippen LogP contribution in [0.15, 0.2) is 46.8 Å². The standard InChI is InChI=1S/C16H14N4O2S2/c17-13(21)8-18-14(22)9-24-16-10-4-1-2-5-11(10)19-15(20-16)12-6-3-7-23-12/h1-7H,8-9H2,(H2,17,21)(H,18,22). The lowest BCUT2D eigenvalue weighted by Gasteiger charge is -2.07. The van der Waals surface area contributed by atoms with Crippen LogP contribution >= 0.6 is 23.1 Å². The number of aromatic nitrogens is 2. The Morgan fingerprint density at radius 3 is 2.75 bits per heavy atom. The van der Waals surface area contributed by atoms with Crippen LogP contribution in [0, 0.1) is 0 Å². The summed E-state index contributed by atoms with van der Waals surface area (Å²) < 4.78 is 0. The van der Waals surface area contributed by atoms with Crippen molar-refractivity contribution in [2.75, 3.05) is 12.3 Å². The average Bonchev–Trinajstić information content (AvgIpc) is 3.12. The van der Waals surface area contributed by atoms with Crippen LogP contribution in [-0.4, -0.2) is 34.1 Å². The molecule has 2 heterocycles. The number of amides is 2. The van der Waals surface area contributed by atoms with Crippen molar-refractivity contribution in [3.05, 3.63) is 41.8 Å². The van der Waals surface area contributed by atoms with Crippen molar-refractivity contribution in [3.8, 4) is 10.7 Å². The Hall–Kier alpha value is -2.45. The molecule has 2 aromatic heterocycles. The van der Waals surface area contributed by atoms with Gasteiger partial charge in [-0.15, -0.1) is 11.3 Å². The third-order valence-corrected chi connectivity index (χ3v) is 4.97. The Labute approximate surface area is 146 Å². The second-order valence-corrected chi connectivity index (χ2v) is 6.79. The van der Waals surface area contributed by atoms with Crippen LogP contribution in [0.3, 0.4) is 0 Å². The zero-order valence-corrected chi connectivity index (χ0v) is 14.2. The number of carbonyl (C=O) groups excluding carboxylic acids is 2. The molecule has 3 rings (SSSR count). The summed E-state index contributed by atoms with van der Waals surface area (Å²) >= 11 is 2.87. The number of rotatable bonds is 6. The number of thioether (sulfide) groups is 1. The summed E-state index contributed by atoms with van der Waals surface area (Å²) in [5.41, 5.74) is 5.85. The third-order valence-electron chi connectivity index (χ3n) is 3.11. The molecule has 0 atom stereocenters. The molecule has 3 aromatic rings. The molecule has 0 aliphatic carbocycles. The molecule has 0 aliphatic rings. The van der Waals surface area contributed by atoms with Crippen LogP contribution < -0.4 is 11.1 Å². The van der Waals surface area contributed by atoms with E-state index in [-0.39, 0.29) is 18.2 Å². The third kappa shape index (κ3) is 3.90. The Kier molecular flexibility index (Phi) is 5.07. The van der Waals surface area contributed by atoms with Crippen LogP contribution in [0.5, 0.6) is 0 Å². The van der Waals surface area contributed by atoms with Gasteiger partial charge in [0.2, 0.25) is 11.8 Å². The SMILES string of the molecule is NC(=O)CNC(=O)CSc1nc(-c2cccs2)nc2ccccc12. The molecule has 0 fully saturated rings. The number of para-hydroxylation sites is 1. The van der Waals surface area contributed by atoms with Gasteiger partial charge in [-0.3, -0.25) is 9.59 Å². The highest BCUT2D eigenvalue weighted by atomic mass is 32.2. The van der Waals surface area contributed by atoms with Crippen LogP contribution in [0.1, 0.15) is 0 Å². The van der Waals surface area contributed by atoms with Gasteiger partial charge in [0.15, 0.2) is 5.82 Å². The first-order chi connectivity index (χ1) is 11.6. The number of thiophene rings is 1. The molecular formula is C16H14N4O2S2. The maximum absolute atomic E-state index is 11.8. The summed E-state index contributed by atoms with van der Waals surface area (Å²) in [5, 5.41) is 6.07. The Morgan fingerprint density at radius 1 is 1.17 bits per heavy atom. The quantitative estimate of drug-likeness (QED) is 0.519. The van der Waals surface area contributed by atoms with Crippen LogP contribution in [0.2, 0.25) is 0 Å². The minimum atomic E-state index is -0.569. The smallest absolute Gasteiger partial charge is 0.236 e. The fourth-order valence-electron chi connectivity index (χ4n) is 2.04. The molecule has 0 spiro atoms. The molecule has 0 aliphatic heterocycles. The molecule has 6 nitrogen and oxygen atoms in total. The van der Waals surface area contributed by atoms with Crippen molar-refractivity contribution in [2.24, 2.45) is 5.73 Å². The van der Waals surface area contributed by atoms with E-state index in [1.165, 1.54) is 11.8 Å². The van der Waals surface area contributed by atoms with Gasteiger partial charge in [0.1, 0.15) is 5.03 Å². The van der Waals surface area contributed by atoms with Crippen LogP contribution in [0.4, 0.5) is 0 Å². The van der Waals surface area contributed by atoms with Gasteiger partial charge < -0.3 is 11.1 Å².